The third-order valence-electron chi connectivity index (χ3n) is 1.94. The Kier molecular flexibility index (Phi) is 3.68. The van der Waals surface area contributed by atoms with Crippen molar-refractivity contribution in [3.63, 3.8) is 0 Å². The molecule has 0 fully saturated rings. The Morgan fingerprint density at radius 3 is 2.69 bits per heavy atom. The first kappa shape index (κ1) is 12.7. The summed E-state index contributed by atoms with van der Waals surface area (Å²) in [6, 6.07) is 7.05. The van der Waals surface area contributed by atoms with Crippen molar-refractivity contribution in [1.29, 1.82) is 5.26 Å². The number of carbonyl (C=O) groups excluding carboxylic acids is 1. The zero-order valence-corrected chi connectivity index (χ0v) is 10.6. The molecule has 0 heterocycles. The van der Waals surface area contributed by atoms with Crippen molar-refractivity contribution in [2.45, 2.75) is 19.4 Å². The zero-order valence-electron chi connectivity index (χ0n) is 9.04. The molecule has 84 valence electrons. The van der Waals surface area contributed by atoms with Gasteiger partial charge in [-0.25, -0.2) is 0 Å². The highest BCUT2D eigenvalue weighted by atomic mass is 79.9. The van der Waals surface area contributed by atoms with Crippen molar-refractivity contribution in [3.8, 4) is 6.07 Å². The van der Waals surface area contributed by atoms with Crippen molar-refractivity contribution in [2.24, 2.45) is 5.73 Å². The van der Waals surface area contributed by atoms with Crippen LogP contribution in [0.1, 0.15) is 19.4 Å². The van der Waals surface area contributed by atoms with Crippen LogP contribution in [0.2, 0.25) is 0 Å². The first-order valence-electron chi connectivity index (χ1n) is 4.64. The maximum Gasteiger partial charge on any atom is 0.243 e. The fourth-order valence-corrected chi connectivity index (χ4v) is 1.36. The number of carbonyl (C=O) groups is 1. The maximum absolute atomic E-state index is 11.6. The van der Waals surface area contributed by atoms with Crippen molar-refractivity contribution < 1.29 is 4.79 Å². The lowest BCUT2D eigenvalue weighted by molar-refractivity contribution is -0.120. The number of hydrogen-bond acceptors (Lipinski definition) is 3. The van der Waals surface area contributed by atoms with E-state index in [0.717, 1.165) is 4.47 Å². The van der Waals surface area contributed by atoms with Crippen LogP contribution in [0.25, 0.3) is 0 Å². The van der Waals surface area contributed by atoms with E-state index in [-0.39, 0.29) is 5.91 Å². The fourth-order valence-electron chi connectivity index (χ4n) is 1.00. The van der Waals surface area contributed by atoms with Crippen LogP contribution in [0.4, 0.5) is 5.69 Å². The lowest BCUT2D eigenvalue weighted by atomic mass is 10.1. The number of rotatable bonds is 2. The Morgan fingerprint density at radius 2 is 2.19 bits per heavy atom. The minimum Gasteiger partial charge on any atom is -0.323 e. The molecule has 0 aliphatic heterocycles. The van der Waals surface area contributed by atoms with Crippen LogP contribution in [0.15, 0.2) is 22.7 Å². The Hall–Kier alpha value is -1.38. The van der Waals surface area contributed by atoms with Gasteiger partial charge in [0.05, 0.1) is 16.8 Å². The zero-order chi connectivity index (χ0) is 12.3. The van der Waals surface area contributed by atoms with Gasteiger partial charge in [-0.15, -0.1) is 0 Å². The second-order valence-corrected chi connectivity index (χ2v) is 4.89. The van der Waals surface area contributed by atoms with E-state index in [9.17, 15) is 4.79 Å². The van der Waals surface area contributed by atoms with Gasteiger partial charge >= 0.3 is 0 Å². The van der Waals surface area contributed by atoms with Gasteiger partial charge < -0.3 is 11.1 Å². The summed E-state index contributed by atoms with van der Waals surface area (Å²) >= 11 is 3.25. The molecule has 3 N–H and O–H groups in total. The van der Waals surface area contributed by atoms with E-state index in [1.165, 1.54) is 0 Å². The Bertz CT molecular complexity index is 457. The summed E-state index contributed by atoms with van der Waals surface area (Å²) in [7, 11) is 0. The molecule has 1 aromatic rings. The van der Waals surface area contributed by atoms with Crippen LogP contribution in [0, 0.1) is 11.3 Å². The Labute approximate surface area is 103 Å². The van der Waals surface area contributed by atoms with Gasteiger partial charge in [0.1, 0.15) is 6.07 Å². The van der Waals surface area contributed by atoms with Gasteiger partial charge in [-0.2, -0.15) is 5.26 Å². The summed E-state index contributed by atoms with van der Waals surface area (Å²) < 4.78 is 0.786. The molecule has 4 nitrogen and oxygen atoms in total. The van der Waals surface area contributed by atoms with Crippen LogP contribution in [0.5, 0.6) is 0 Å². The lowest BCUT2D eigenvalue weighted by Gasteiger charge is -2.18. The van der Waals surface area contributed by atoms with Crippen LogP contribution in [-0.4, -0.2) is 11.4 Å². The summed E-state index contributed by atoms with van der Waals surface area (Å²) in [6.07, 6.45) is 0. The summed E-state index contributed by atoms with van der Waals surface area (Å²) in [4.78, 5) is 11.6. The van der Waals surface area contributed by atoms with Gasteiger partial charge in [0.25, 0.3) is 0 Å². The number of nitrogens with one attached hydrogen (secondary N) is 1. The highest BCUT2D eigenvalue weighted by Gasteiger charge is 2.22. The molecular weight excluding hydrogens is 270 g/mol. The van der Waals surface area contributed by atoms with Gasteiger partial charge in [-0.1, -0.05) is 15.9 Å². The molecular formula is C11H12BrN3O. The minimum atomic E-state index is -0.972. The number of nitrogens with two attached hydrogens (primary N) is 1. The van der Waals surface area contributed by atoms with Crippen LogP contribution in [0.3, 0.4) is 0 Å². The quantitative estimate of drug-likeness (QED) is 0.870. The standard InChI is InChI=1S/C11H12BrN3O/c1-11(2,14)10(16)15-9-4-3-8(12)5-7(9)6-13/h3-5H,14H2,1-2H3,(H,15,16). The number of anilines is 1. The van der Waals surface area contributed by atoms with Gasteiger partial charge in [-0.05, 0) is 32.0 Å². The van der Waals surface area contributed by atoms with Crippen molar-refractivity contribution >= 4 is 27.5 Å². The van der Waals surface area contributed by atoms with Gasteiger partial charge in [0.15, 0.2) is 0 Å². The lowest BCUT2D eigenvalue weighted by Crippen LogP contribution is -2.45. The third kappa shape index (κ3) is 3.05. The second-order valence-electron chi connectivity index (χ2n) is 3.98. The van der Waals surface area contributed by atoms with E-state index >= 15 is 0 Å². The molecule has 0 aliphatic carbocycles. The average Bonchev–Trinajstić information content (AvgIpc) is 2.19. The first-order chi connectivity index (χ1) is 7.34. The molecule has 5 heteroatoms. The predicted octanol–water partition coefficient (Wildman–Crippen LogP) is 2.00. The highest BCUT2D eigenvalue weighted by molar-refractivity contribution is 9.10. The molecule has 1 aromatic carbocycles. The largest absolute Gasteiger partial charge is 0.323 e. The Morgan fingerprint density at radius 1 is 1.56 bits per heavy atom. The summed E-state index contributed by atoms with van der Waals surface area (Å²) in [5, 5.41) is 11.5. The Balaban J connectivity index is 2.99. The van der Waals surface area contributed by atoms with E-state index < -0.39 is 5.54 Å². The normalized spacial score (nSPS) is 10.7. The van der Waals surface area contributed by atoms with Crippen molar-refractivity contribution in [3.05, 3.63) is 28.2 Å². The third-order valence-corrected chi connectivity index (χ3v) is 2.43. The molecule has 0 bridgehead atoms. The highest BCUT2D eigenvalue weighted by Crippen LogP contribution is 2.20. The topological polar surface area (TPSA) is 78.9 Å². The summed E-state index contributed by atoms with van der Waals surface area (Å²) in [6.45, 7) is 3.21. The smallest absolute Gasteiger partial charge is 0.243 e. The number of benzene rings is 1. The number of nitrogens with zero attached hydrogens (tertiary/aromatic N) is 1. The molecule has 0 aliphatic rings. The molecule has 0 aromatic heterocycles. The van der Waals surface area contributed by atoms with E-state index in [2.05, 4.69) is 21.2 Å². The monoisotopic (exact) mass is 281 g/mol. The molecule has 16 heavy (non-hydrogen) atoms. The number of halogens is 1. The number of hydrogen-bond donors (Lipinski definition) is 2. The molecule has 0 unspecified atom stereocenters. The van der Waals surface area contributed by atoms with Crippen molar-refractivity contribution in [1.82, 2.24) is 0 Å². The second kappa shape index (κ2) is 4.64. The van der Waals surface area contributed by atoms with Gasteiger partial charge in [0.2, 0.25) is 5.91 Å². The summed E-state index contributed by atoms with van der Waals surface area (Å²) in [5.74, 6) is -0.327. The van der Waals surface area contributed by atoms with E-state index in [1.54, 1.807) is 32.0 Å². The maximum atomic E-state index is 11.6. The minimum absolute atomic E-state index is 0.327. The van der Waals surface area contributed by atoms with E-state index in [0.29, 0.717) is 11.3 Å². The molecule has 0 atom stereocenters. The molecule has 1 amide bonds. The van der Waals surface area contributed by atoms with Crippen LogP contribution >= 0.6 is 15.9 Å². The molecule has 0 radical (unpaired) electrons. The first-order valence-corrected chi connectivity index (χ1v) is 5.44. The molecule has 0 saturated carbocycles. The van der Waals surface area contributed by atoms with Crippen molar-refractivity contribution in [2.75, 3.05) is 5.32 Å². The molecule has 0 saturated heterocycles. The van der Waals surface area contributed by atoms with Crippen LogP contribution in [-0.2, 0) is 4.79 Å². The van der Waals surface area contributed by atoms with E-state index in [1.807, 2.05) is 6.07 Å². The summed E-state index contributed by atoms with van der Waals surface area (Å²) in [5.41, 5.74) is 5.53. The van der Waals surface area contributed by atoms with Gasteiger partial charge in [0, 0.05) is 4.47 Å². The number of amides is 1. The fraction of sp³-hybridized carbons (Fsp3) is 0.273. The average molecular weight is 282 g/mol. The number of nitriles is 1. The van der Waals surface area contributed by atoms with Gasteiger partial charge in [-0.3, -0.25) is 4.79 Å². The SMILES string of the molecule is CC(C)(N)C(=O)Nc1ccc(Br)cc1C#N. The molecule has 1 rings (SSSR count). The molecule has 0 spiro atoms. The predicted molar refractivity (Wildman–Crippen MR) is 65.8 cm³/mol. The van der Waals surface area contributed by atoms with Crippen LogP contribution < -0.4 is 11.1 Å². The van der Waals surface area contributed by atoms with E-state index in [4.69, 9.17) is 11.0 Å².